The van der Waals surface area contributed by atoms with Crippen molar-refractivity contribution in [3.63, 3.8) is 0 Å². The Bertz CT molecular complexity index is 227. The number of esters is 1. The summed E-state index contributed by atoms with van der Waals surface area (Å²) in [4.78, 5) is 11.5. The van der Waals surface area contributed by atoms with Gasteiger partial charge in [0, 0.05) is 12.8 Å². The number of ether oxygens (including phenoxy) is 2. The molecule has 0 amide bonds. The van der Waals surface area contributed by atoms with E-state index in [9.17, 15) is 4.79 Å². The highest BCUT2D eigenvalue weighted by molar-refractivity contribution is 5.69. The predicted molar refractivity (Wildman–Crippen MR) is 88.5 cm³/mol. The number of carbonyl (C=O) groups excluding carboxylic acids is 1. The molecule has 0 saturated heterocycles. The van der Waals surface area contributed by atoms with Crippen LogP contribution in [0.2, 0.25) is 0 Å². The summed E-state index contributed by atoms with van der Waals surface area (Å²) in [6.45, 7) is 7.42. The number of hydrogen-bond donors (Lipinski definition) is 0. The predicted octanol–water partition coefficient (Wildman–Crippen LogP) is 5.27. The van der Waals surface area contributed by atoms with Gasteiger partial charge in [0.25, 0.3) is 0 Å². The molecule has 0 rings (SSSR count). The molecule has 0 heterocycles. The van der Waals surface area contributed by atoms with Crippen molar-refractivity contribution >= 4 is 5.97 Å². The van der Waals surface area contributed by atoms with Gasteiger partial charge in [-0.05, 0) is 20.3 Å². The largest absolute Gasteiger partial charge is 0.466 e. The molecule has 0 radical (unpaired) electrons. The van der Waals surface area contributed by atoms with E-state index >= 15 is 0 Å². The molecule has 126 valence electrons. The van der Waals surface area contributed by atoms with E-state index in [1.54, 1.807) is 0 Å². The third kappa shape index (κ3) is 17.4. The average molecular weight is 300 g/mol. The quantitative estimate of drug-likeness (QED) is 0.305. The molecule has 0 spiro atoms. The Balaban J connectivity index is 3.16. The molecule has 21 heavy (non-hydrogen) atoms. The third-order valence-corrected chi connectivity index (χ3v) is 3.49. The van der Waals surface area contributed by atoms with Gasteiger partial charge in [-0.25, -0.2) is 0 Å². The monoisotopic (exact) mass is 300 g/mol. The van der Waals surface area contributed by atoms with Crippen molar-refractivity contribution < 1.29 is 14.3 Å². The molecule has 0 saturated carbocycles. The second kappa shape index (κ2) is 15.8. The molecule has 0 bridgehead atoms. The number of carbonyl (C=O) groups is 1. The van der Waals surface area contributed by atoms with E-state index in [-0.39, 0.29) is 12.1 Å². The highest BCUT2D eigenvalue weighted by Crippen LogP contribution is 2.10. The van der Waals surface area contributed by atoms with E-state index in [4.69, 9.17) is 9.47 Å². The molecule has 0 aromatic heterocycles. The van der Waals surface area contributed by atoms with Gasteiger partial charge in [-0.15, -0.1) is 0 Å². The van der Waals surface area contributed by atoms with Crippen molar-refractivity contribution in [2.45, 2.75) is 97.5 Å². The van der Waals surface area contributed by atoms with Crippen molar-refractivity contribution in [1.82, 2.24) is 0 Å². The minimum absolute atomic E-state index is 0.0532. The Kier molecular flexibility index (Phi) is 15.4. The fourth-order valence-electron chi connectivity index (χ4n) is 2.22. The molecule has 3 nitrogen and oxygen atoms in total. The van der Waals surface area contributed by atoms with E-state index < -0.39 is 0 Å². The van der Waals surface area contributed by atoms with Gasteiger partial charge < -0.3 is 9.47 Å². The molecule has 0 unspecified atom stereocenters. The van der Waals surface area contributed by atoms with Gasteiger partial charge in [0.1, 0.15) is 0 Å². The Morgan fingerprint density at radius 1 is 0.810 bits per heavy atom. The molecule has 0 aromatic rings. The van der Waals surface area contributed by atoms with Crippen LogP contribution in [0, 0.1) is 0 Å². The van der Waals surface area contributed by atoms with Gasteiger partial charge in [0.05, 0.1) is 19.3 Å². The summed E-state index contributed by atoms with van der Waals surface area (Å²) in [5.74, 6) is -0.0532. The van der Waals surface area contributed by atoms with Crippen LogP contribution in [0.25, 0.3) is 0 Å². The SMILES string of the molecule is CCCCCCCCCCCC(=O)OCCCOC(C)C. The summed E-state index contributed by atoms with van der Waals surface area (Å²) < 4.78 is 10.6. The molecular weight excluding hydrogens is 264 g/mol. The lowest BCUT2D eigenvalue weighted by Crippen LogP contribution is -2.10. The van der Waals surface area contributed by atoms with Crippen LogP contribution in [0.3, 0.4) is 0 Å². The summed E-state index contributed by atoms with van der Waals surface area (Å²) in [6, 6.07) is 0. The molecular formula is C18H36O3. The zero-order chi connectivity index (χ0) is 15.8. The van der Waals surface area contributed by atoms with Crippen LogP contribution in [-0.2, 0) is 14.3 Å². The molecule has 0 aliphatic heterocycles. The average Bonchev–Trinajstić information content (AvgIpc) is 2.45. The van der Waals surface area contributed by atoms with Gasteiger partial charge in [-0.3, -0.25) is 4.79 Å². The Morgan fingerprint density at radius 3 is 1.95 bits per heavy atom. The molecule has 3 heteroatoms. The molecule has 0 N–H and O–H groups in total. The molecule has 0 fully saturated rings. The first-order chi connectivity index (χ1) is 10.2. The lowest BCUT2D eigenvalue weighted by molar-refractivity contribution is -0.144. The van der Waals surface area contributed by atoms with Crippen molar-refractivity contribution in [3.8, 4) is 0 Å². The first-order valence-corrected chi connectivity index (χ1v) is 8.94. The van der Waals surface area contributed by atoms with Crippen molar-refractivity contribution in [1.29, 1.82) is 0 Å². The van der Waals surface area contributed by atoms with Crippen LogP contribution in [0.5, 0.6) is 0 Å². The molecule has 0 aliphatic rings. The number of rotatable bonds is 15. The summed E-state index contributed by atoms with van der Waals surface area (Å²) in [7, 11) is 0. The highest BCUT2D eigenvalue weighted by Gasteiger charge is 2.02. The lowest BCUT2D eigenvalue weighted by Gasteiger charge is -2.08. The van der Waals surface area contributed by atoms with E-state index in [1.165, 1.54) is 44.9 Å². The fourth-order valence-corrected chi connectivity index (χ4v) is 2.22. The van der Waals surface area contributed by atoms with E-state index in [2.05, 4.69) is 6.92 Å². The van der Waals surface area contributed by atoms with E-state index in [0.717, 1.165) is 19.3 Å². The molecule has 0 aromatic carbocycles. The smallest absolute Gasteiger partial charge is 0.305 e. The number of unbranched alkanes of at least 4 members (excludes halogenated alkanes) is 8. The molecule has 0 atom stereocenters. The Morgan fingerprint density at radius 2 is 1.38 bits per heavy atom. The summed E-state index contributed by atoms with van der Waals surface area (Å²) in [6.07, 6.45) is 13.1. The maximum atomic E-state index is 11.5. The Labute approximate surface area is 131 Å². The lowest BCUT2D eigenvalue weighted by atomic mass is 10.1. The fraction of sp³-hybridized carbons (Fsp3) is 0.944. The Hall–Kier alpha value is -0.570. The van der Waals surface area contributed by atoms with Gasteiger partial charge in [0.2, 0.25) is 0 Å². The highest BCUT2D eigenvalue weighted by atomic mass is 16.5. The van der Waals surface area contributed by atoms with Crippen molar-refractivity contribution in [3.05, 3.63) is 0 Å². The van der Waals surface area contributed by atoms with Gasteiger partial charge >= 0.3 is 5.97 Å². The summed E-state index contributed by atoms with van der Waals surface area (Å²) in [5, 5.41) is 0. The topological polar surface area (TPSA) is 35.5 Å². The zero-order valence-corrected chi connectivity index (χ0v) is 14.5. The van der Waals surface area contributed by atoms with E-state index in [1.807, 2.05) is 13.8 Å². The van der Waals surface area contributed by atoms with Crippen LogP contribution in [0.15, 0.2) is 0 Å². The van der Waals surface area contributed by atoms with Gasteiger partial charge in [-0.2, -0.15) is 0 Å². The van der Waals surface area contributed by atoms with Gasteiger partial charge in [0.15, 0.2) is 0 Å². The zero-order valence-electron chi connectivity index (χ0n) is 14.5. The van der Waals surface area contributed by atoms with Crippen LogP contribution in [-0.4, -0.2) is 25.3 Å². The number of hydrogen-bond acceptors (Lipinski definition) is 3. The van der Waals surface area contributed by atoms with Crippen LogP contribution in [0.4, 0.5) is 0 Å². The van der Waals surface area contributed by atoms with Crippen molar-refractivity contribution in [2.24, 2.45) is 0 Å². The minimum atomic E-state index is -0.0532. The van der Waals surface area contributed by atoms with Crippen LogP contribution >= 0.6 is 0 Å². The summed E-state index contributed by atoms with van der Waals surface area (Å²) >= 11 is 0. The third-order valence-electron chi connectivity index (χ3n) is 3.49. The van der Waals surface area contributed by atoms with Crippen molar-refractivity contribution in [2.75, 3.05) is 13.2 Å². The molecule has 0 aliphatic carbocycles. The maximum absolute atomic E-state index is 11.5. The normalized spacial score (nSPS) is 11.0. The minimum Gasteiger partial charge on any atom is -0.466 e. The standard InChI is InChI=1S/C18H36O3/c1-4-5-6-7-8-9-10-11-12-14-18(19)21-16-13-15-20-17(2)3/h17H,4-16H2,1-3H3. The van der Waals surface area contributed by atoms with Crippen LogP contribution < -0.4 is 0 Å². The van der Waals surface area contributed by atoms with E-state index in [0.29, 0.717) is 19.6 Å². The second-order valence-electron chi connectivity index (χ2n) is 6.07. The van der Waals surface area contributed by atoms with Gasteiger partial charge in [-0.1, -0.05) is 58.3 Å². The first-order valence-electron chi connectivity index (χ1n) is 8.94. The second-order valence-corrected chi connectivity index (χ2v) is 6.07. The maximum Gasteiger partial charge on any atom is 0.305 e. The first kappa shape index (κ1) is 20.4. The summed E-state index contributed by atoms with van der Waals surface area (Å²) in [5.41, 5.74) is 0. The van der Waals surface area contributed by atoms with Crippen LogP contribution in [0.1, 0.15) is 91.4 Å².